The predicted octanol–water partition coefficient (Wildman–Crippen LogP) is 2.25. The molecule has 1 saturated carbocycles. The van der Waals surface area contributed by atoms with Crippen molar-refractivity contribution in [2.75, 3.05) is 6.54 Å². The molecular weight excluding hydrogens is 280 g/mol. The number of rotatable bonds is 5. The van der Waals surface area contributed by atoms with Gasteiger partial charge in [0.05, 0.1) is 11.8 Å². The van der Waals surface area contributed by atoms with Gasteiger partial charge in [0.25, 0.3) is 0 Å². The van der Waals surface area contributed by atoms with E-state index < -0.39 is 11.9 Å². The Kier molecular flexibility index (Phi) is 3.88. The van der Waals surface area contributed by atoms with Gasteiger partial charge in [-0.3, -0.25) is 9.59 Å². The van der Waals surface area contributed by atoms with Crippen molar-refractivity contribution < 1.29 is 14.7 Å². The van der Waals surface area contributed by atoms with Gasteiger partial charge in [0.2, 0.25) is 5.91 Å². The lowest BCUT2D eigenvalue weighted by molar-refractivity contribution is -0.152. The number of hydrogen-bond donors (Lipinski definition) is 3. The zero-order valence-electron chi connectivity index (χ0n) is 12.6. The summed E-state index contributed by atoms with van der Waals surface area (Å²) in [6, 6.07) is 6.16. The van der Waals surface area contributed by atoms with E-state index in [9.17, 15) is 9.59 Å². The number of carboxylic acid groups (broad SMARTS) is 1. The van der Waals surface area contributed by atoms with E-state index in [2.05, 4.69) is 29.4 Å². The number of hydrogen-bond acceptors (Lipinski definition) is 2. The molecule has 1 heterocycles. The van der Waals surface area contributed by atoms with Crippen molar-refractivity contribution in [1.29, 1.82) is 0 Å². The van der Waals surface area contributed by atoms with Gasteiger partial charge in [0.1, 0.15) is 0 Å². The Balaban J connectivity index is 1.58. The molecule has 5 heteroatoms. The first kappa shape index (κ1) is 14.6. The molecule has 1 fully saturated rings. The first-order valence-electron chi connectivity index (χ1n) is 7.64. The van der Waals surface area contributed by atoms with Crippen LogP contribution in [0.15, 0.2) is 24.4 Å². The molecule has 0 spiro atoms. The minimum atomic E-state index is -0.862. The Morgan fingerprint density at radius 3 is 2.77 bits per heavy atom. The lowest BCUT2D eigenvalue weighted by Gasteiger charge is -2.31. The molecule has 1 aromatic carbocycles. The Labute approximate surface area is 128 Å². The van der Waals surface area contributed by atoms with Crippen molar-refractivity contribution in [3.05, 3.63) is 35.5 Å². The van der Waals surface area contributed by atoms with E-state index in [0.29, 0.717) is 19.4 Å². The fourth-order valence-corrected chi connectivity index (χ4v) is 3.13. The maximum Gasteiger partial charge on any atom is 0.307 e. The number of benzene rings is 1. The monoisotopic (exact) mass is 300 g/mol. The number of H-pyrrole nitrogens is 1. The summed E-state index contributed by atoms with van der Waals surface area (Å²) in [6.07, 6.45) is 4.00. The number of aryl methyl sites for hydroxylation is 1. The van der Waals surface area contributed by atoms with E-state index in [1.165, 1.54) is 16.5 Å². The Hall–Kier alpha value is -2.30. The predicted molar refractivity (Wildman–Crippen MR) is 83.6 cm³/mol. The van der Waals surface area contributed by atoms with E-state index in [1.54, 1.807) is 0 Å². The maximum atomic E-state index is 12.0. The molecular formula is C17H20N2O3. The first-order valence-corrected chi connectivity index (χ1v) is 7.64. The van der Waals surface area contributed by atoms with Gasteiger partial charge in [-0.25, -0.2) is 0 Å². The van der Waals surface area contributed by atoms with Crippen LogP contribution in [0.25, 0.3) is 10.9 Å². The molecule has 3 rings (SSSR count). The Morgan fingerprint density at radius 2 is 2.09 bits per heavy atom. The van der Waals surface area contributed by atoms with Crippen LogP contribution in [-0.4, -0.2) is 28.5 Å². The Morgan fingerprint density at radius 1 is 1.32 bits per heavy atom. The van der Waals surface area contributed by atoms with Crippen LogP contribution >= 0.6 is 0 Å². The average molecular weight is 300 g/mol. The standard InChI is InChI=1S/C17H20N2O3/c1-10-3-2-4-12-11(9-19-15(10)12)7-8-18-16(20)13-5-6-14(13)17(21)22/h2-4,9,13-14,19H,5-8H2,1H3,(H,18,20)(H,21,22). The number of aromatic amines is 1. The van der Waals surface area contributed by atoms with E-state index >= 15 is 0 Å². The second-order valence-electron chi connectivity index (χ2n) is 5.98. The number of amides is 1. The van der Waals surface area contributed by atoms with Gasteiger partial charge in [-0.1, -0.05) is 18.2 Å². The number of carboxylic acids is 1. The minimum Gasteiger partial charge on any atom is -0.481 e. The van der Waals surface area contributed by atoms with Gasteiger partial charge >= 0.3 is 5.97 Å². The number of para-hydroxylation sites is 1. The van der Waals surface area contributed by atoms with Gasteiger partial charge in [-0.15, -0.1) is 0 Å². The highest BCUT2D eigenvalue weighted by Gasteiger charge is 2.41. The van der Waals surface area contributed by atoms with Crippen LogP contribution < -0.4 is 5.32 Å². The molecule has 0 bridgehead atoms. The molecule has 2 atom stereocenters. The van der Waals surface area contributed by atoms with Crippen molar-refractivity contribution in [3.63, 3.8) is 0 Å². The minimum absolute atomic E-state index is 0.130. The number of nitrogens with one attached hydrogen (secondary N) is 2. The van der Waals surface area contributed by atoms with Crippen molar-refractivity contribution in [1.82, 2.24) is 10.3 Å². The van der Waals surface area contributed by atoms with Crippen LogP contribution in [0.2, 0.25) is 0 Å². The SMILES string of the molecule is Cc1cccc2c(CCNC(=O)C3CCC3C(=O)O)c[nH]c12. The maximum absolute atomic E-state index is 12.0. The summed E-state index contributed by atoms with van der Waals surface area (Å²) in [7, 11) is 0. The largest absolute Gasteiger partial charge is 0.481 e. The molecule has 5 nitrogen and oxygen atoms in total. The third-order valence-electron chi connectivity index (χ3n) is 4.63. The van der Waals surface area contributed by atoms with Gasteiger partial charge in [0, 0.05) is 23.6 Å². The molecule has 1 amide bonds. The third kappa shape index (κ3) is 2.58. The van der Waals surface area contributed by atoms with Crippen LogP contribution in [0.3, 0.4) is 0 Å². The van der Waals surface area contributed by atoms with Crippen LogP contribution in [-0.2, 0) is 16.0 Å². The number of carbonyl (C=O) groups is 2. The highest BCUT2D eigenvalue weighted by Crippen LogP contribution is 2.34. The lowest BCUT2D eigenvalue weighted by atomic mass is 9.73. The number of fused-ring (bicyclic) bond motifs is 1. The molecule has 3 N–H and O–H groups in total. The fourth-order valence-electron chi connectivity index (χ4n) is 3.13. The summed E-state index contributed by atoms with van der Waals surface area (Å²) in [5, 5.41) is 13.0. The molecule has 2 unspecified atom stereocenters. The van der Waals surface area contributed by atoms with Crippen LogP contribution in [0, 0.1) is 18.8 Å². The zero-order chi connectivity index (χ0) is 15.7. The molecule has 0 aliphatic heterocycles. The Bertz CT molecular complexity index is 720. The normalized spacial score (nSPS) is 20.6. The lowest BCUT2D eigenvalue weighted by Crippen LogP contribution is -2.44. The van der Waals surface area contributed by atoms with Crippen molar-refractivity contribution in [2.45, 2.75) is 26.2 Å². The van der Waals surface area contributed by atoms with Gasteiger partial charge in [-0.05, 0) is 37.3 Å². The number of carbonyl (C=O) groups excluding carboxylic acids is 1. The van der Waals surface area contributed by atoms with Gasteiger partial charge < -0.3 is 15.4 Å². The summed E-state index contributed by atoms with van der Waals surface area (Å²) in [5.74, 6) is -1.85. The van der Waals surface area contributed by atoms with E-state index in [0.717, 1.165) is 11.9 Å². The van der Waals surface area contributed by atoms with Crippen molar-refractivity contribution in [2.24, 2.45) is 11.8 Å². The van der Waals surface area contributed by atoms with Gasteiger partial charge in [-0.2, -0.15) is 0 Å². The summed E-state index contributed by atoms with van der Waals surface area (Å²) in [4.78, 5) is 26.2. The second kappa shape index (κ2) is 5.83. The first-order chi connectivity index (χ1) is 10.6. The molecule has 0 saturated heterocycles. The summed E-state index contributed by atoms with van der Waals surface area (Å²) >= 11 is 0. The summed E-state index contributed by atoms with van der Waals surface area (Å²) < 4.78 is 0. The third-order valence-corrected chi connectivity index (χ3v) is 4.63. The summed E-state index contributed by atoms with van der Waals surface area (Å²) in [6.45, 7) is 2.59. The number of aromatic nitrogens is 1. The van der Waals surface area contributed by atoms with E-state index in [4.69, 9.17) is 5.11 Å². The van der Waals surface area contributed by atoms with Gasteiger partial charge in [0.15, 0.2) is 0 Å². The molecule has 116 valence electrons. The molecule has 1 aromatic heterocycles. The highest BCUT2D eigenvalue weighted by molar-refractivity contribution is 5.87. The van der Waals surface area contributed by atoms with Crippen molar-refractivity contribution in [3.8, 4) is 0 Å². The molecule has 1 aliphatic rings. The zero-order valence-corrected chi connectivity index (χ0v) is 12.6. The molecule has 1 aliphatic carbocycles. The highest BCUT2D eigenvalue weighted by atomic mass is 16.4. The van der Waals surface area contributed by atoms with Crippen molar-refractivity contribution >= 4 is 22.8 Å². The van der Waals surface area contributed by atoms with E-state index in [-0.39, 0.29) is 11.8 Å². The fraction of sp³-hybridized carbons (Fsp3) is 0.412. The van der Waals surface area contributed by atoms with E-state index in [1.807, 2.05) is 12.3 Å². The average Bonchev–Trinajstić information content (AvgIpc) is 2.81. The molecule has 0 radical (unpaired) electrons. The molecule has 22 heavy (non-hydrogen) atoms. The smallest absolute Gasteiger partial charge is 0.307 e. The topological polar surface area (TPSA) is 82.2 Å². The second-order valence-corrected chi connectivity index (χ2v) is 5.98. The molecule has 2 aromatic rings. The van der Waals surface area contributed by atoms with Crippen LogP contribution in [0.4, 0.5) is 0 Å². The van der Waals surface area contributed by atoms with Crippen LogP contribution in [0.5, 0.6) is 0 Å². The summed E-state index contributed by atoms with van der Waals surface area (Å²) in [5.41, 5.74) is 3.50. The number of aliphatic carboxylic acids is 1. The quantitative estimate of drug-likeness (QED) is 0.792. The van der Waals surface area contributed by atoms with Crippen LogP contribution in [0.1, 0.15) is 24.0 Å².